The Labute approximate surface area is 102 Å². The predicted octanol–water partition coefficient (Wildman–Crippen LogP) is 2.57. The number of para-hydroxylation sites is 1. The molecule has 1 aromatic carbocycles. The highest BCUT2D eigenvalue weighted by Gasteiger charge is 2.07. The van der Waals surface area contributed by atoms with Crippen molar-refractivity contribution in [2.24, 2.45) is 0 Å². The topological polar surface area (TPSA) is 87.4 Å². The molecule has 0 aliphatic heterocycles. The third-order valence-corrected chi connectivity index (χ3v) is 1.34. The minimum atomic E-state index is -1.36. The van der Waals surface area contributed by atoms with Gasteiger partial charge in [0.25, 0.3) is 0 Å². The Kier molecular flexibility index (Phi) is 6.83. The number of halogens is 1. The number of carbonyl (C=O) groups excluding carboxylic acids is 1. The molecule has 0 saturated heterocycles. The van der Waals surface area contributed by atoms with Gasteiger partial charge in [0.2, 0.25) is 0 Å². The Morgan fingerprint density at radius 3 is 2.24 bits per heavy atom. The van der Waals surface area contributed by atoms with E-state index in [1.54, 1.807) is 36.4 Å². The van der Waals surface area contributed by atoms with Crippen LogP contribution >= 0.6 is 11.6 Å². The number of esters is 1. The molecule has 17 heavy (non-hydrogen) atoms. The van der Waals surface area contributed by atoms with Gasteiger partial charge in [0.05, 0.1) is 0 Å². The second-order valence-corrected chi connectivity index (χ2v) is 2.87. The van der Waals surface area contributed by atoms with Crippen molar-refractivity contribution >= 4 is 23.0 Å². The van der Waals surface area contributed by atoms with Crippen molar-refractivity contribution in [1.29, 1.82) is 5.26 Å². The number of hydrogen-bond donors (Lipinski definition) is 1. The summed E-state index contributed by atoms with van der Waals surface area (Å²) in [7, 11) is 0. The zero-order valence-corrected chi connectivity index (χ0v) is 9.35. The van der Waals surface area contributed by atoms with Gasteiger partial charge in [-0.15, -0.1) is 0 Å². The number of ether oxygens (including phenoxy) is 1. The Hall–Kier alpha value is -2.32. The lowest BCUT2D eigenvalue weighted by Gasteiger charge is -2.00. The van der Waals surface area contributed by atoms with Gasteiger partial charge in [0, 0.05) is 11.6 Å². The summed E-state index contributed by atoms with van der Waals surface area (Å²) in [6.07, 6.45) is 0. The molecule has 0 spiro atoms. The first-order valence-electron chi connectivity index (χ1n) is 4.22. The summed E-state index contributed by atoms with van der Waals surface area (Å²) in [5.74, 6) is -0.308. The lowest BCUT2D eigenvalue weighted by atomic mass is 10.3. The summed E-state index contributed by atoms with van der Waals surface area (Å²) in [6.45, 7) is 3.23. The smallest absolute Gasteiger partial charge is 0.401 e. The first kappa shape index (κ1) is 14.7. The first-order chi connectivity index (χ1) is 7.97. The molecule has 0 saturated carbocycles. The summed E-state index contributed by atoms with van der Waals surface area (Å²) < 4.78 is 4.81. The van der Waals surface area contributed by atoms with Crippen molar-refractivity contribution in [3.05, 3.63) is 42.5 Å². The quantitative estimate of drug-likeness (QED) is 0.288. The van der Waals surface area contributed by atoms with Crippen LogP contribution in [0.5, 0.6) is 5.75 Å². The average Bonchev–Trinajstić information content (AvgIpc) is 2.28. The fraction of sp³-hybridized carbons (Fsp3) is 0. The molecule has 1 aromatic rings. The maximum absolute atomic E-state index is 11.0. The zero-order chi connectivity index (χ0) is 13.3. The molecule has 0 radical (unpaired) electrons. The van der Waals surface area contributed by atoms with Crippen molar-refractivity contribution in [3.63, 3.8) is 0 Å². The molecule has 1 rings (SSSR count). The number of carboxylic acid groups (broad SMARTS) is 1. The molecular formula is C11H8ClNO4. The van der Waals surface area contributed by atoms with Crippen molar-refractivity contribution in [2.75, 3.05) is 0 Å². The van der Waals surface area contributed by atoms with Gasteiger partial charge in [-0.3, -0.25) is 0 Å². The van der Waals surface area contributed by atoms with Crippen LogP contribution in [0.4, 0.5) is 4.79 Å². The van der Waals surface area contributed by atoms with Crippen LogP contribution in [-0.2, 0) is 4.79 Å². The van der Waals surface area contributed by atoms with Gasteiger partial charge in [-0.25, -0.2) is 9.59 Å². The van der Waals surface area contributed by atoms with Crippen molar-refractivity contribution in [3.8, 4) is 11.8 Å². The molecule has 0 aliphatic carbocycles. The van der Waals surface area contributed by atoms with Crippen LogP contribution in [0.25, 0.3) is 0 Å². The first-order valence-corrected chi connectivity index (χ1v) is 4.59. The molecule has 0 unspecified atom stereocenters. The minimum absolute atomic E-state index is 0.205. The van der Waals surface area contributed by atoms with Gasteiger partial charge in [-0.2, -0.15) is 5.26 Å². The van der Waals surface area contributed by atoms with E-state index >= 15 is 0 Å². The van der Waals surface area contributed by atoms with Gasteiger partial charge in [-0.05, 0) is 12.1 Å². The van der Waals surface area contributed by atoms with E-state index in [-0.39, 0.29) is 5.57 Å². The highest BCUT2D eigenvalue weighted by molar-refractivity contribution is 6.60. The van der Waals surface area contributed by atoms with Crippen LogP contribution in [0.2, 0.25) is 0 Å². The molecule has 1 N–H and O–H groups in total. The number of carbonyl (C=O) groups is 2. The van der Waals surface area contributed by atoms with Crippen LogP contribution in [0, 0.1) is 11.3 Å². The second kappa shape index (κ2) is 7.91. The van der Waals surface area contributed by atoms with Crippen molar-refractivity contribution < 1.29 is 19.4 Å². The van der Waals surface area contributed by atoms with E-state index < -0.39 is 11.4 Å². The number of nitriles is 1. The Morgan fingerprint density at radius 2 is 1.82 bits per heavy atom. The van der Waals surface area contributed by atoms with Crippen LogP contribution in [0.1, 0.15) is 0 Å². The molecule has 88 valence electrons. The predicted molar refractivity (Wildman–Crippen MR) is 60.7 cm³/mol. The maximum Gasteiger partial charge on any atom is 0.401 e. The summed E-state index contributed by atoms with van der Waals surface area (Å²) in [4.78, 5) is 19.8. The molecule has 6 heteroatoms. The lowest BCUT2D eigenvalue weighted by molar-refractivity contribution is -0.129. The highest BCUT2D eigenvalue weighted by Crippen LogP contribution is 2.09. The van der Waals surface area contributed by atoms with E-state index in [1.807, 2.05) is 0 Å². The van der Waals surface area contributed by atoms with Gasteiger partial charge in [0.15, 0.2) is 0 Å². The zero-order valence-electron chi connectivity index (χ0n) is 8.59. The molecule has 0 amide bonds. The van der Waals surface area contributed by atoms with Crippen LogP contribution in [0.3, 0.4) is 0 Å². The maximum atomic E-state index is 11.0. The molecule has 0 aromatic heterocycles. The highest BCUT2D eigenvalue weighted by atomic mass is 35.5. The number of hydrogen-bond acceptors (Lipinski definition) is 4. The van der Waals surface area contributed by atoms with E-state index in [0.717, 1.165) is 0 Å². The summed E-state index contributed by atoms with van der Waals surface area (Å²) in [6, 6.07) is 10.1. The Balaban J connectivity index is 0.000000557. The van der Waals surface area contributed by atoms with Gasteiger partial charge < -0.3 is 9.84 Å². The van der Waals surface area contributed by atoms with Gasteiger partial charge >= 0.3 is 11.4 Å². The number of nitrogens with zero attached hydrogens (tertiary/aromatic N) is 1. The Morgan fingerprint density at radius 1 is 1.35 bits per heavy atom. The molecular weight excluding hydrogens is 246 g/mol. The molecule has 5 nitrogen and oxygen atoms in total. The monoisotopic (exact) mass is 253 g/mol. The Bertz CT molecular complexity index is 446. The van der Waals surface area contributed by atoms with E-state index in [9.17, 15) is 4.79 Å². The largest absolute Gasteiger partial charge is 0.469 e. The van der Waals surface area contributed by atoms with Gasteiger partial charge in [0.1, 0.15) is 17.4 Å². The molecule has 0 atom stereocenters. The molecule has 0 heterocycles. The van der Waals surface area contributed by atoms with Gasteiger partial charge in [-0.1, -0.05) is 24.8 Å². The van der Waals surface area contributed by atoms with Crippen LogP contribution in [-0.4, -0.2) is 16.5 Å². The van der Waals surface area contributed by atoms with Crippen molar-refractivity contribution in [2.45, 2.75) is 0 Å². The van der Waals surface area contributed by atoms with E-state index in [1.165, 1.54) is 0 Å². The lowest BCUT2D eigenvalue weighted by Crippen LogP contribution is -2.08. The second-order valence-electron chi connectivity index (χ2n) is 2.55. The SMILES string of the molecule is C=C(C#N)C(=O)Oc1ccccc1.O=C(O)Cl. The van der Waals surface area contributed by atoms with E-state index in [2.05, 4.69) is 18.2 Å². The molecule has 0 aliphatic rings. The average molecular weight is 254 g/mol. The summed E-state index contributed by atoms with van der Waals surface area (Å²) in [5, 5.41) is 15.5. The third-order valence-electron chi connectivity index (χ3n) is 1.34. The fourth-order valence-electron chi connectivity index (χ4n) is 0.703. The van der Waals surface area contributed by atoms with Crippen molar-refractivity contribution in [1.82, 2.24) is 0 Å². The van der Waals surface area contributed by atoms with E-state index in [4.69, 9.17) is 19.9 Å². The molecule has 0 bridgehead atoms. The van der Waals surface area contributed by atoms with E-state index in [0.29, 0.717) is 5.75 Å². The summed E-state index contributed by atoms with van der Waals surface area (Å²) in [5.41, 5.74) is -1.57. The summed E-state index contributed by atoms with van der Waals surface area (Å²) >= 11 is 4.19. The fourth-order valence-corrected chi connectivity index (χ4v) is 0.703. The minimum Gasteiger partial charge on any atom is -0.469 e. The molecule has 0 fully saturated rings. The third kappa shape index (κ3) is 7.59. The standard InChI is InChI=1S/C10H7NO2.CHClO2/c1-8(7-11)10(12)13-9-5-3-2-4-6-9;2-1(3)4/h2-6H,1H2;(H,3,4). The van der Waals surface area contributed by atoms with Crippen LogP contribution in [0.15, 0.2) is 42.5 Å². The van der Waals surface area contributed by atoms with Crippen LogP contribution < -0.4 is 4.74 Å². The number of benzene rings is 1. The normalized spacial score (nSPS) is 8.00. The number of rotatable bonds is 2.